The van der Waals surface area contributed by atoms with Crippen LogP contribution in [0.2, 0.25) is 5.02 Å². The van der Waals surface area contributed by atoms with Crippen LogP contribution in [0.15, 0.2) is 58.5 Å². The Kier molecular flexibility index (Phi) is 7.07. The molecule has 2 N–H and O–H groups in total. The van der Waals surface area contributed by atoms with Gasteiger partial charge in [-0.3, -0.25) is 4.98 Å². The summed E-state index contributed by atoms with van der Waals surface area (Å²) in [6, 6.07) is 6.88. The van der Waals surface area contributed by atoms with Crippen LogP contribution in [-0.4, -0.2) is 36.2 Å². The zero-order chi connectivity index (χ0) is 21.7. The Morgan fingerprint density at radius 2 is 1.90 bits per heavy atom. The van der Waals surface area contributed by atoms with Crippen molar-refractivity contribution in [2.24, 2.45) is 0 Å². The molecule has 1 atom stereocenters. The van der Waals surface area contributed by atoms with Gasteiger partial charge in [0.05, 0.1) is 29.5 Å². The van der Waals surface area contributed by atoms with Crippen LogP contribution in [0.5, 0.6) is 0 Å². The monoisotopic (exact) mass is 493 g/mol. The lowest BCUT2D eigenvalue weighted by atomic mass is 9.95. The molecule has 1 aliphatic rings. The van der Waals surface area contributed by atoms with Crippen molar-refractivity contribution in [2.45, 2.75) is 13.0 Å². The maximum atomic E-state index is 12.7. The minimum Gasteiger partial charge on any atom is -0.463 e. The SMILES string of the molecule is CCOC(=O)C1=C(COC(=O)c2cncc(Br)c2)NC(=O)NC1c1ccc(Cl)cc1. The van der Waals surface area contributed by atoms with Gasteiger partial charge in [-0.1, -0.05) is 23.7 Å². The standard InChI is InChI=1S/C20H17BrClN3O5/c1-2-29-19(27)16-15(10-30-18(26)12-7-13(21)9-23-8-12)24-20(28)25-17(16)11-3-5-14(22)6-4-11/h3-9,17H,2,10H2,1H3,(H2,24,25,28). The van der Waals surface area contributed by atoms with Crippen molar-refractivity contribution in [3.8, 4) is 0 Å². The lowest BCUT2D eigenvalue weighted by molar-refractivity contribution is -0.139. The van der Waals surface area contributed by atoms with Crippen LogP contribution in [0.3, 0.4) is 0 Å². The van der Waals surface area contributed by atoms with E-state index >= 15 is 0 Å². The number of benzene rings is 1. The summed E-state index contributed by atoms with van der Waals surface area (Å²) >= 11 is 9.18. The number of hydrogen-bond acceptors (Lipinski definition) is 6. The van der Waals surface area contributed by atoms with Crippen molar-refractivity contribution in [3.05, 3.63) is 74.6 Å². The number of aromatic nitrogens is 1. The molecule has 0 saturated carbocycles. The van der Waals surface area contributed by atoms with Gasteiger partial charge in [0.2, 0.25) is 0 Å². The fraction of sp³-hybridized carbons (Fsp3) is 0.200. The molecule has 1 aromatic heterocycles. The first kappa shape index (κ1) is 21.8. The van der Waals surface area contributed by atoms with E-state index in [9.17, 15) is 14.4 Å². The third-order valence-electron chi connectivity index (χ3n) is 4.14. The molecule has 2 aromatic rings. The quantitative estimate of drug-likeness (QED) is 0.595. The second-order valence-corrected chi connectivity index (χ2v) is 7.52. The second kappa shape index (κ2) is 9.73. The first-order valence-corrected chi connectivity index (χ1v) is 10.1. The summed E-state index contributed by atoms with van der Waals surface area (Å²) < 4.78 is 11.1. The summed E-state index contributed by atoms with van der Waals surface area (Å²) in [7, 11) is 0. The zero-order valence-electron chi connectivity index (χ0n) is 15.8. The summed E-state index contributed by atoms with van der Waals surface area (Å²) in [5, 5.41) is 5.74. The van der Waals surface area contributed by atoms with Crippen molar-refractivity contribution >= 4 is 45.5 Å². The average molecular weight is 495 g/mol. The van der Waals surface area contributed by atoms with Gasteiger partial charge in [0, 0.05) is 21.9 Å². The van der Waals surface area contributed by atoms with Crippen LogP contribution >= 0.6 is 27.5 Å². The Hall–Kier alpha value is -2.91. The maximum Gasteiger partial charge on any atom is 0.340 e. The van der Waals surface area contributed by atoms with E-state index in [0.717, 1.165) is 0 Å². The molecule has 0 fully saturated rings. The molecular weight excluding hydrogens is 478 g/mol. The molecule has 3 rings (SSSR count). The molecule has 30 heavy (non-hydrogen) atoms. The molecule has 0 radical (unpaired) electrons. The lowest BCUT2D eigenvalue weighted by Crippen LogP contribution is -2.47. The van der Waals surface area contributed by atoms with E-state index in [1.54, 1.807) is 37.3 Å². The molecule has 156 valence electrons. The molecule has 2 heterocycles. The summed E-state index contributed by atoms with van der Waals surface area (Å²) in [5.41, 5.74) is 1.11. The van der Waals surface area contributed by atoms with E-state index in [4.69, 9.17) is 21.1 Å². The lowest BCUT2D eigenvalue weighted by Gasteiger charge is -2.29. The number of rotatable bonds is 6. The van der Waals surface area contributed by atoms with Crippen LogP contribution in [0.4, 0.5) is 4.79 Å². The summed E-state index contributed by atoms with van der Waals surface area (Å²) in [5.74, 6) is -1.30. The van der Waals surface area contributed by atoms with Crippen molar-refractivity contribution in [2.75, 3.05) is 13.2 Å². The number of carbonyl (C=O) groups excluding carboxylic acids is 3. The smallest absolute Gasteiger partial charge is 0.340 e. The number of esters is 2. The molecule has 0 bridgehead atoms. The highest BCUT2D eigenvalue weighted by Crippen LogP contribution is 2.29. The summed E-state index contributed by atoms with van der Waals surface area (Å²) in [6.45, 7) is 1.47. The fourth-order valence-electron chi connectivity index (χ4n) is 2.83. The molecule has 1 aromatic carbocycles. The summed E-state index contributed by atoms with van der Waals surface area (Å²) in [4.78, 5) is 41.2. The third-order valence-corrected chi connectivity index (χ3v) is 4.83. The molecule has 8 nitrogen and oxygen atoms in total. The third kappa shape index (κ3) is 5.17. The van der Waals surface area contributed by atoms with Crippen LogP contribution in [-0.2, 0) is 14.3 Å². The number of carbonyl (C=O) groups is 3. The molecule has 10 heteroatoms. The van der Waals surface area contributed by atoms with E-state index in [1.807, 2.05) is 0 Å². The molecule has 1 aliphatic heterocycles. The topological polar surface area (TPSA) is 107 Å². The Labute approximate surface area is 185 Å². The average Bonchev–Trinajstić information content (AvgIpc) is 2.72. The summed E-state index contributed by atoms with van der Waals surface area (Å²) in [6.07, 6.45) is 2.88. The van der Waals surface area contributed by atoms with Crippen LogP contribution < -0.4 is 10.6 Å². The largest absolute Gasteiger partial charge is 0.463 e. The van der Waals surface area contributed by atoms with Gasteiger partial charge in [-0.05, 0) is 46.6 Å². The van der Waals surface area contributed by atoms with Crippen LogP contribution in [0.1, 0.15) is 28.9 Å². The van der Waals surface area contributed by atoms with Crippen LogP contribution in [0.25, 0.3) is 0 Å². The number of urea groups is 1. The molecule has 0 saturated heterocycles. The highest BCUT2D eigenvalue weighted by atomic mass is 79.9. The van der Waals surface area contributed by atoms with E-state index in [0.29, 0.717) is 15.1 Å². The number of halogens is 2. The predicted molar refractivity (Wildman–Crippen MR) is 112 cm³/mol. The van der Waals surface area contributed by atoms with Crippen molar-refractivity contribution in [1.29, 1.82) is 0 Å². The number of hydrogen-bond donors (Lipinski definition) is 2. The highest BCUT2D eigenvalue weighted by molar-refractivity contribution is 9.10. The fourth-order valence-corrected chi connectivity index (χ4v) is 3.32. The van der Waals surface area contributed by atoms with Gasteiger partial charge in [0.1, 0.15) is 6.61 Å². The first-order valence-electron chi connectivity index (χ1n) is 8.90. The van der Waals surface area contributed by atoms with E-state index in [1.165, 1.54) is 12.4 Å². The van der Waals surface area contributed by atoms with Gasteiger partial charge in [-0.2, -0.15) is 0 Å². The molecule has 2 amide bonds. The molecule has 1 unspecified atom stereocenters. The van der Waals surface area contributed by atoms with Gasteiger partial charge in [0.25, 0.3) is 0 Å². The van der Waals surface area contributed by atoms with Gasteiger partial charge >= 0.3 is 18.0 Å². The van der Waals surface area contributed by atoms with Gasteiger partial charge in [-0.15, -0.1) is 0 Å². The van der Waals surface area contributed by atoms with E-state index < -0.39 is 24.0 Å². The van der Waals surface area contributed by atoms with Gasteiger partial charge < -0.3 is 20.1 Å². The van der Waals surface area contributed by atoms with Gasteiger partial charge in [0.15, 0.2) is 0 Å². The van der Waals surface area contributed by atoms with Crippen molar-refractivity contribution in [1.82, 2.24) is 15.6 Å². The highest BCUT2D eigenvalue weighted by Gasteiger charge is 2.34. The number of pyridine rings is 1. The maximum absolute atomic E-state index is 12.7. The zero-order valence-corrected chi connectivity index (χ0v) is 18.1. The number of amides is 2. The second-order valence-electron chi connectivity index (χ2n) is 6.16. The molecular formula is C20H17BrClN3O5. The van der Waals surface area contributed by atoms with E-state index in [2.05, 4.69) is 31.5 Å². The van der Waals surface area contributed by atoms with Crippen LogP contribution in [0, 0.1) is 0 Å². The number of nitrogens with zero attached hydrogens (tertiary/aromatic N) is 1. The van der Waals surface area contributed by atoms with E-state index in [-0.39, 0.29) is 30.0 Å². The number of nitrogens with one attached hydrogen (secondary N) is 2. The Morgan fingerprint density at radius 3 is 2.57 bits per heavy atom. The predicted octanol–water partition coefficient (Wildman–Crippen LogP) is 3.53. The van der Waals surface area contributed by atoms with Gasteiger partial charge in [-0.25, -0.2) is 14.4 Å². The first-order chi connectivity index (χ1) is 14.4. The number of ether oxygens (including phenoxy) is 2. The molecule has 0 spiro atoms. The Morgan fingerprint density at radius 1 is 1.17 bits per heavy atom. The Balaban J connectivity index is 1.92. The normalized spacial score (nSPS) is 15.8. The minimum atomic E-state index is -0.795. The van der Waals surface area contributed by atoms with Crippen molar-refractivity contribution in [3.63, 3.8) is 0 Å². The Bertz CT molecular complexity index is 1010. The van der Waals surface area contributed by atoms with Crippen molar-refractivity contribution < 1.29 is 23.9 Å². The minimum absolute atomic E-state index is 0.133. The molecule has 0 aliphatic carbocycles.